The lowest BCUT2D eigenvalue weighted by molar-refractivity contribution is -0.121. The molecule has 0 aliphatic carbocycles. The number of hydrogen-bond donors (Lipinski definition) is 1. The van der Waals surface area contributed by atoms with Gasteiger partial charge in [-0.3, -0.25) is 4.79 Å². The molecule has 0 unspecified atom stereocenters. The van der Waals surface area contributed by atoms with E-state index in [-0.39, 0.29) is 29.9 Å². The molecule has 0 aliphatic rings. The number of benzene rings is 3. The number of hydrogen-bond acceptors (Lipinski definition) is 3. The fraction of sp³-hybridized carbons (Fsp3) is 0.240. The quantitative estimate of drug-likeness (QED) is 0.442. The summed E-state index contributed by atoms with van der Waals surface area (Å²) in [6.07, 6.45) is 0.515. The van der Waals surface area contributed by atoms with E-state index >= 15 is 0 Å². The van der Waals surface area contributed by atoms with Gasteiger partial charge in [-0.05, 0) is 55.7 Å². The van der Waals surface area contributed by atoms with Crippen molar-refractivity contribution in [2.45, 2.75) is 31.2 Å². The summed E-state index contributed by atoms with van der Waals surface area (Å²) in [4.78, 5) is 13.0. The van der Waals surface area contributed by atoms with Crippen LogP contribution in [0.4, 0.5) is 0 Å². The van der Waals surface area contributed by atoms with Crippen LogP contribution in [-0.4, -0.2) is 31.7 Å². The van der Waals surface area contributed by atoms with Gasteiger partial charge < -0.3 is 5.32 Å². The summed E-state index contributed by atoms with van der Waals surface area (Å²) in [7, 11) is -3.82. The Morgan fingerprint density at radius 2 is 1.59 bits per heavy atom. The van der Waals surface area contributed by atoms with Crippen LogP contribution in [0.1, 0.15) is 29.7 Å². The molecule has 1 amide bonds. The summed E-state index contributed by atoms with van der Waals surface area (Å²) in [5, 5.41) is 2.92. The second kappa shape index (κ2) is 10.9. The summed E-state index contributed by atoms with van der Waals surface area (Å²) >= 11 is 3.40. The van der Waals surface area contributed by atoms with Crippen molar-refractivity contribution in [1.29, 1.82) is 0 Å². The van der Waals surface area contributed by atoms with E-state index in [1.165, 1.54) is 4.31 Å². The fourth-order valence-corrected chi connectivity index (χ4v) is 4.99. The molecule has 0 fully saturated rings. The van der Waals surface area contributed by atoms with E-state index in [0.29, 0.717) is 6.42 Å². The molecule has 1 N–H and O–H groups in total. The maximum absolute atomic E-state index is 13.3. The first kappa shape index (κ1) is 24.2. The molecule has 0 saturated carbocycles. The maximum Gasteiger partial charge on any atom is 0.243 e. The molecular formula is C25H27BrN2O3S. The summed E-state index contributed by atoms with van der Waals surface area (Å²) in [6, 6.07) is 23.8. The topological polar surface area (TPSA) is 66.5 Å². The second-order valence-corrected chi connectivity index (χ2v) is 10.6. The van der Waals surface area contributed by atoms with E-state index in [1.54, 1.807) is 24.3 Å². The second-order valence-electron chi connectivity index (χ2n) is 7.73. The van der Waals surface area contributed by atoms with Crippen LogP contribution in [0, 0.1) is 6.92 Å². The molecule has 5 nitrogen and oxygen atoms in total. The molecule has 32 heavy (non-hydrogen) atoms. The zero-order valence-electron chi connectivity index (χ0n) is 18.2. The Labute approximate surface area is 198 Å². The highest BCUT2D eigenvalue weighted by Crippen LogP contribution is 2.19. The smallest absolute Gasteiger partial charge is 0.243 e. The first-order valence-electron chi connectivity index (χ1n) is 10.4. The van der Waals surface area contributed by atoms with E-state index < -0.39 is 10.0 Å². The molecule has 7 heteroatoms. The van der Waals surface area contributed by atoms with Crippen LogP contribution in [0.2, 0.25) is 0 Å². The number of carbonyl (C=O) groups is 1. The van der Waals surface area contributed by atoms with Crippen molar-refractivity contribution in [3.63, 3.8) is 0 Å². The summed E-state index contributed by atoms with van der Waals surface area (Å²) in [6.45, 7) is 3.74. The average molecular weight is 515 g/mol. The average Bonchev–Trinajstić information content (AvgIpc) is 2.78. The van der Waals surface area contributed by atoms with Gasteiger partial charge in [-0.15, -0.1) is 0 Å². The van der Waals surface area contributed by atoms with Crippen LogP contribution >= 0.6 is 15.9 Å². The molecule has 3 aromatic carbocycles. The lowest BCUT2D eigenvalue weighted by atomic mass is 10.1. The van der Waals surface area contributed by atoms with E-state index in [4.69, 9.17) is 0 Å². The third-order valence-corrected chi connectivity index (χ3v) is 7.61. The Balaban J connectivity index is 1.77. The summed E-state index contributed by atoms with van der Waals surface area (Å²) in [5.74, 6) is -0.343. The number of aryl methyl sites for hydroxylation is 1. The first-order valence-corrected chi connectivity index (χ1v) is 12.6. The lowest BCUT2D eigenvalue weighted by Gasteiger charge is -2.23. The largest absolute Gasteiger partial charge is 0.348 e. The van der Waals surface area contributed by atoms with Crippen LogP contribution in [0.3, 0.4) is 0 Å². The van der Waals surface area contributed by atoms with Gasteiger partial charge in [0.05, 0.1) is 17.5 Å². The molecule has 3 rings (SSSR count). The lowest BCUT2D eigenvalue weighted by Crippen LogP contribution is -2.42. The Kier molecular flexibility index (Phi) is 8.23. The zero-order valence-corrected chi connectivity index (χ0v) is 20.6. The van der Waals surface area contributed by atoms with E-state index in [9.17, 15) is 13.2 Å². The van der Waals surface area contributed by atoms with Crippen LogP contribution in [-0.2, 0) is 21.2 Å². The van der Waals surface area contributed by atoms with Crippen LogP contribution < -0.4 is 5.32 Å². The molecule has 1 atom stereocenters. The standard InChI is InChI=1S/C25H27BrN2O3S/c1-19-8-14-24(15-9-19)32(30,31)28(17-16-21-6-4-3-5-7-21)18-25(29)27-20(2)22-10-12-23(26)13-11-22/h3-15,20H,16-18H2,1-2H3,(H,27,29)/t20-/m0/s1. The Hall–Kier alpha value is -2.48. The van der Waals surface area contributed by atoms with Gasteiger partial charge >= 0.3 is 0 Å². The Morgan fingerprint density at radius 3 is 2.22 bits per heavy atom. The van der Waals surface area contributed by atoms with E-state index in [1.807, 2.05) is 68.4 Å². The van der Waals surface area contributed by atoms with Crippen molar-refractivity contribution in [3.8, 4) is 0 Å². The first-order chi connectivity index (χ1) is 15.3. The molecule has 0 saturated heterocycles. The van der Waals surface area contributed by atoms with Gasteiger partial charge in [-0.2, -0.15) is 4.31 Å². The van der Waals surface area contributed by atoms with Crippen molar-refractivity contribution in [1.82, 2.24) is 9.62 Å². The van der Waals surface area contributed by atoms with Gasteiger partial charge in [-0.1, -0.05) is 76.1 Å². The normalized spacial score (nSPS) is 12.5. The summed E-state index contributed by atoms with van der Waals surface area (Å²) in [5.41, 5.74) is 2.93. The predicted molar refractivity (Wildman–Crippen MR) is 131 cm³/mol. The van der Waals surface area contributed by atoms with Crippen molar-refractivity contribution in [2.75, 3.05) is 13.1 Å². The number of halogens is 1. The number of sulfonamides is 1. The Bertz CT molecular complexity index is 1130. The monoisotopic (exact) mass is 514 g/mol. The van der Waals surface area contributed by atoms with Gasteiger partial charge in [0, 0.05) is 11.0 Å². The number of nitrogens with one attached hydrogen (secondary N) is 1. The SMILES string of the molecule is Cc1ccc(S(=O)(=O)N(CCc2ccccc2)CC(=O)N[C@@H](C)c2ccc(Br)cc2)cc1. The van der Waals surface area contributed by atoms with Gasteiger partial charge in [-0.25, -0.2) is 8.42 Å². The predicted octanol–water partition coefficient (Wildman–Crippen LogP) is 4.87. The highest BCUT2D eigenvalue weighted by atomic mass is 79.9. The van der Waals surface area contributed by atoms with E-state index in [2.05, 4.69) is 21.2 Å². The Morgan fingerprint density at radius 1 is 0.969 bits per heavy atom. The van der Waals surface area contributed by atoms with Crippen molar-refractivity contribution in [2.24, 2.45) is 0 Å². The fourth-order valence-electron chi connectivity index (χ4n) is 3.32. The van der Waals surface area contributed by atoms with Gasteiger partial charge in [0.1, 0.15) is 0 Å². The molecule has 168 valence electrons. The molecule has 0 heterocycles. The third kappa shape index (κ3) is 6.51. The van der Waals surface area contributed by atoms with Crippen LogP contribution in [0.5, 0.6) is 0 Å². The van der Waals surface area contributed by atoms with Gasteiger partial charge in [0.15, 0.2) is 0 Å². The molecule has 3 aromatic rings. The molecular weight excluding hydrogens is 488 g/mol. The van der Waals surface area contributed by atoms with Crippen LogP contribution in [0.15, 0.2) is 88.2 Å². The van der Waals surface area contributed by atoms with E-state index in [0.717, 1.165) is 21.2 Å². The minimum atomic E-state index is -3.82. The number of amides is 1. The number of carbonyl (C=O) groups excluding carboxylic acids is 1. The molecule has 0 aliphatic heterocycles. The molecule has 0 spiro atoms. The molecule has 0 aromatic heterocycles. The number of nitrogens with zero attached hydrogens (tertiary/aromatic N) is 1. The van der Waals surface area contributed by atoms with Gasteiger partial charge in [0.25, 0.3) is 0 Å². The van der Waals surface area contributed by atoms with Crippen molar-refractivity contribution < 1.29 is 13.2 Å². The van der Waals surface area contributed by atoms with Crippen molar-refractivity contribution >= 4 is 31.9 Å². The van der Waals surface area contributed by atoms with Crippen LogP contribution in [0.25, 0.3) is 0 Å². The number of rotatable bonds is 9. The van der Waals surface area contributed by atoms with Crippen molar-refractivity contribution in [3.05, 3.63) is 100 Å². The third-order valence-electron chi connectivity index (χ3n) is 5.22. The molecule has 0 radical (unpaired) electrons. The maximum atomic E-state index is 13.3. The summed E-state index contributed by atoms with van der Waals surface area (Å²) < 4.78 is 28.9. The highest BCUT2D eigenvalue weighted by molar-refractivity contribution is 9.10. The minimum absolute atomic E-state index is 0.185. The van der Waals surface area contributed by atoms with Gasteiger partial charge in [0.2, 0.25) is 15.9 Å². The highest BCUT2D eigenvalue weighted by Gasteiger charge is 2.27. The minimum Gasteiger partial charge on any atom is -0.348 e. The molecule has 0 bridgehead atoms. The zero-order chi connectivity index (χ0) is 23.1.